The Kier molecular flexibility index (Phi) is 3.61. The number of fused-ring (bicyclic) bond motifs is 6. The van der Waals surface area contributed by atoms with Crippen molar-refractivity contribution < 1.29 is 0 Å². The molecule has 5 heteroatoms. The number of imidazole rings is 1. The van der Waals surface area contributed by atoms with Gasteiger partial charge in [0, 0.05) is 40.3 Å². The molecule has 7 rings (SSSR count). The largest absolute Gasteiger partial charge is 0.338 e. The molecule has 0 radical (unpaired) electrons. The first kappa shape index (κ1) is 17.4. The van der Waals surface area contributed by atoms with E-state index in [1.54, 1.807) is 12.4 Å². The summed E-state index contributed by atoms with van der Waals surface area (Å²) in [5, 5.41) is 1.25. The van der Waals surface area contributed by atoms with Crippen molar-refractivity contribution in [3.63, 3.8) is 0 Å². The first-order chi connectivity index (χ1) is 15.9. The molecule has 0 saturated heterocycles. The van der Waals surface area contributed by atoms with E-state index in [1.807, 2.05) is 12.1 Å². The van der Waals surface area contributed by atoms with Crippen LogP contribution in [-0.4, -0.2) is 24.5 Å². The molecule has 0 atom stereocenters. The van der Waals surface area contributed by atoms with Crippen molar-refractivity contribution in [2.24, 2.45) is 0 Å². The highest BCUT2D eigenvalue weighted by Gasteiger charge is 2.19. The molecule has 6 aromatic rings. The summed E-state index contributed by atoms with van der Waals surface area (Å²) in [7, 11) is 0. The van der Waals surface area contributed by atoms with E-state index in [2.05, 4.69) is 80.2 Å². The Morgan fingerprint density at radius 3 is 2.72 bits per heavy atom. The fourth-order valence-electron chi connectivity index (χ4n) is 4.88. The third kappa shape index (κ3) is 2.48. The van der Waals surface area contributed by atoms with Gasteiger partial charge in [-0.15, -0.1) is 0 Å². The van der Waals surface area contributed by atoms with Gasteiger partial charge in [-0.25, -0.2) is 4.98 Å². The van der Waals surface area contributed by atoms with Gasteiger partial charge in [0.2, 0.25) is 0 Å². The number of aromatic amines is 1. The Bertz CT molecular complexity index is 1670. The van der Waals surface area contributed by atoms with E-state index in [0.29, 0.717) is 0 Å². The van der Waals surface area contributed by atoms with Crippen molar-refractivity contribution in [2.75, 3.05) is 0 Å². The number of H-pyrrole nitrogens is 1. The quantitative estimate of drug-likeness (QED) is 0.374. The molecule has 0 amide bonds. The van der Waals surface area contributed by atoms with Crippen LogP contribution in [0.15, 0.2) is 79.1 Å². The second-order valence-corrected chi connectivity index (χ2v) is 8.18. The number of allylic oxidation sites excluding steroid dienone is 1. The number of benzene rings is 3. The highest BCUT2D eigenvalue weighted by molar-refractivity contribution is 6.01. The number of para-hydroxylation sites is 1. The molecular weight excluding hydrogens is 394 g/mol. The molecule has 3 heterocycles. The van der Waals surface area contributed by atoms with Crippen molar-refractivity contribution in [1.82, 2.24) is 24.5 Å². The number of hydrogen-bond donors (Lipinski definition) is 1. The molecule has 3 aromatic carbocycles. The lowest BCUT2D eigenvalue weighted by molar-refractivity contribution is 0.888. The van der Waals surface area contributed by atoms with Gasteiger partial charge in [-0.3, -0.25) is 9.97 Å². The summed E-state index contributed by atoms with van der Waals surface area (Å²) in [4.78, 5) is 17.3. The molecule has 3 aromatic heterocycles. The maximum atomic E-state index is 4.91. The molecule has 0 saturated carbocycles. The summed E-state index contributed by atoms with van der Waals surface area (Å²) in [5.74, 6) is 0.848. The van der Waals surface area contributed by atoms with Gasteiger partial charge < -0.3 is 9.55 Å². The Labute approximate surface area is 184 Å². The van der Waals surface area contributed by atoms with Gasteiger partial charge >= 0.3 is 0 Å². The molecule has 32 heavy (non-hydrogen) atoms. The minimum Gasteiger partial charge on any atom is -0.338 e. The Morgan fingerprint density at radius 1 is 0.875 bits per heavy atom. The van der Waals surface area contributed by atoms with E-state index in [-0.39, 0.29) is 0 Å². The topological polar surface area (TPSA) is 59.4 Å². The first-order valence-electron chi connectivity index (χ1n) is 10.9. The Hall–Kier alpha value is -4.25. The molecule has 0 fully saturated rings. The molecule has 0 bridgehead atoms. The number of aromatic nitrogens is 5. The van der Waals surface area contributed by atoms with E-state index < -0.39 is 0 Å². The van der Waals surface area contributed by atoms with E-state index in [1.165, 1.54) is 27.8 Å². The zero-order chi connectivity index (χ0) is 21.1. The Balaban J connectivity index is 1.46. The average molecular weight is 413 g/mol. The third-order valence-corrected chi connectivity index (χ3v) is 6.32. The van der Waals surface area contributed by atoms with Crippen LogP contribution in [0, 0.1) is 0 Å². The van der Waals surface area contributed by atoms with Gasteiger partial charge in [0.25, 0.3) is 0 Å². The molecule has 1 aliphatic carbocycles. The van der Waals surface area contributed by atoms with Crippen molar-refractivity contribution >= 4 is 39.0 Å². The molecule has 1 aliphatic rings. The van der Waals surface area contributed by atoms with Crippen LogP contribution >= 0.6 is 0 Å². The van der Waals surface area contributed by atoms with Crippen molar-refractivity contribution in [3.05, 3.63) is 90.4 Å². The van der Waals surface area contributed by atoms with Gasteiger partial charge in [0.05, 0.1) is 16.6 Å². The maximum absolute atomic E-state index is 4.91. The van der Waals surface area contributed by atoms with Crippen LogP contribution < -0.4 is 0 Å². The standard InChI is InChI=1S/C27H19N5/c1-2-6-18(7-3-1)32-23-9-5-4-8-19(23)20-16-17(10-13-24(20)32)27-30-22-12-11-21-25(26(22)31-27)29-15-14-28-21/h1-4,6-8,10-16H,5,9H2,(H,30,31). The van der Waals surface area contributed by atoms with Crippen LogP contribution in [0.2, 0.25) is 0 Å². The lowest BCUT2D eigenvalue weighted by atomic mass is 10.0. The number of nitrogens with one attached hydrogen (secondary N) is 1. The van der Waals surface area contributed by atoms with E-state index >= 15 is 0 Å². The van der Waals surface area contributed by atoms with Crippen LogP contribution in [0.1, 0.15) is 17.7 Å². The summed E-state index contributed by atoms with van der Waals surface area (Å²) in [6.07, 6.45) is 10.1. The Morgan fingerprint density at radius 2 is 1.78 bits per heavy atom. The van der Waals surface area contributed by atoms with Gasteiger partial charge in [-0.05, 0) is 55.3 Å². The monoisotopic (exact) mass is 413 g/mol. The minimum atomic E-state index is 0.823. The second kappa shape index (κ2) is 6.62. The maximum Gasteiger partial charge on any atom is 0.138 e. The molecule has 152 valence electrons. The summed E-state index contributed by atoms with van der Waals surface area (Å²) in [5.41, 5.74) is 9.68. The lowest BCUT2D eigenvalue weighted by Crippen LogP contribution is -2.02. The number of rotatable bonds is 2. The minimum absolute atomic E-state index is 0.823. The molecule has 5 nitrogen and oxygen atoms in total. The van der Waals surface area contributed by atoms with Crippen LogP contribution in [0.5, 0.6) is 0 Å². The van der Waals surface area contributed by atoms with Crippen molar-refractivity contribution in [1.29, 1.82) is 0 Å². The fraction of sp³-hybridized carbons (Fsp3) is 0.0741. The predicted molar refractivity (Wildman–Crippen MR) is 129 cm³/mol. The number of nitrogens with zero attached hydrogens (tertiary/aromatic N) is 4. The van der Waals surface area contributed by atoms with Crippen LogP contribution in [0.3, 0.4) is 0 Å². The molecule has 0 spiro atoms. The summed E-state index contributed by atoms with van der Waals surface area (Å²) in [6.45, 7) is 0. The van der Waals surface area contributed by atoms with Gasteiger partial charge in [0.15, 0.2) is 0 Å². The summed E-state index contributed by atoms with van der Waals surface area (Å²) in [6, 6.07) is 21.3. The highest BCUT2D eigenvalue weighted by atomic mass is 15.0. The highest BCUT2D eigenvalue weighted by Crippen LogP contribution is 2.36. The van der Waals surface area contributed by atoms with Crippen LogP contribution in [0.4, 0.5) is 0 Å². The van der Waals surface area contributed by atoms with Gasteiger partial charge in [0.1, 0.15) is 16.9 Å². The van der Waals surface area contributed by atoms with E-state index in [0.717, 1.165) is 46.3 Å². The number of hydrogen-bond acceptors (Lipinski definition) is 3. The van der Waals surface area contributed by atoms with Crippen molar-refractivity contribution in [3.8, 4) is 17.1 Å². The first-order valence-corrected chi connectivity index (χ1v) is 10.9. The SMILES string of the molecule is C1=Cc2c(n(-c3ccccc3)c3ccc(-c4nc5c(ccc6nccnc65)[nH]4)cc23)CC1. The predicted octanol–water partition coefficient (Wildman–Crippen LogP) is 6.08. The third-order valence-electron chi connectivity index (χ3n) is 6.32. The molecule has 1 N–H and O–H groups in total. The normalized spacial score (nSPS) is 13.2. The zero-order valence-electron chi connectivity index (χ0n) is 17.3. The summed E-state index contributed by atoms with van der Waals surface area (Å²) < 4.78 is 2.40. The zero-order valence-corrected chi connectivity index (χ0v) is 17.3. The van der Waals surface area contributed by atoms with E-state index in [9.17, 15) is 0 Å². The summed E-state index contributed by atoms with van der Waals surface area (Å²) >= 11 is 0. The molecule has 0 aliphatic heterocycles. The van der Waals surface area contributed by atoms with Crippen LogP contribution in [0.25, 0.3) is 56.1 Å². The van der Waals surface area contributed by atoms with Gasteiger partial charge in [-0.1, -0.05) is 30.4 Å². The van der Waals surface area contributed by atoms with Crippen LogP contribution in [-0.2, 0) is 6.42 Å². The molecule has 0 unspecified atom stereocenters. The van der Waals surface area contributed by atoms with Gasteiger partial charge in [-0.2, -0.15) is 0 Å². The smallest absolute Gasteiger partial charge is 0.138 e. The second-order valence-electron chi connectivity index (χ2n) is 8.18. The fourth-order valence-corrected chi connectivity index (χ4v) is 4.88. The van der Waals surface area contributed by atoms with E-state index in [4.69, 9.17) is 4.98 Å². The van der Waals surface area contributed by atoms with Crippen molar-refractivity contribution in [2.45, 2.75) is 12.8 Å². The average Bonchev–Trinajstić information content (AvgIpc) is 3.44. The lowest BCUT2D eigenvalue weighted by Gasteiger charge is -2.13. The molecular formula is C27H19N5.